The summed E-state index contributed by atoms with van der Waals surface area (Å²) < 4.78 is 0. The summed E-state index contributed by atoms with van der Waals surface area (Å²) in [5.74, 6) is 0. The zero-order valence-electron chi connectivity index (χ0n) is 8.02. The van der Waals surface area contributed by atoms with Crippen molar-refractivity contribution >= 4 is 11.6 Å². The molecule has 1 aromatic heterocycles. The molecule has 15 heavy (non-hydrogen) atoms. The summed E-state index contributed by atoms with van der Waals surface area (Å²) in [7, 11) is 0. The van der Waals surface area contributed by atoms with Crippen molar-refractivity contribution in [2.45, 2.75) is 6.61 Å². The first-order chi connectivity index (χ1) is 7.29. The van der Waals surface area contributed by atoms with E-state index in [0.29, 0.717) is 5.02 Å². The van der Waals surface area contributed by atoms with Crippen LogP contribution in [0.5, 0.6) is 0 Å². The molecule has 0 atom stereocenters. The monoisotopic (exact) mass is 219 g/mol. The summed E-state index contributed by atoms with van der Waals surface area (Å²) in [4.78, 5) is 4.21. The molecular weight excluding hydrogens is 210 g/mol. The third-order valence-corrected chi connectivity index (χ3v) is 2.38. The van der Waals surface area contributed by atoms with Crippen molar-refractivity contribution in [2.24, 2.45) is 0 Å². The van der Waals surface area contributed by atoms with Gasteiger partial charge in [-0.3, -0.25) is 4.98 Å². The van der Waals surface area contributed by atoms with E-state index in [-0.39, 0.29) is 6.61 Å². The van der Waals surface area contributed by atoms with Crippen LogP contribution in [0.4, 0.5) is 0 Å². The van der Waals surface area contributed by atoms with Crippen LogP contribution in [-0.4, -0.2) is 10.1 Å². The fourth-order valence-corrected chi connectivity index (χ4v) is 1.44. The minimum atomic E-state index is 0.0638. The highest BCUT2D eigenvalue weighted by atomic mass is 35.5. The van der Waals surface area contributed by atoms with E-state index in [9.17, 15) is 0 Å². The fourth-order valence-electron chi connectivity index (χ4n) is 1.33. The topological polar surface area (TPSA) is 33.1 Å². The van der Waals surface area contributed by atoms with Gasteiger partial charge in [-0.05, 0) is 17.7 Å². The maximum absolute atomic E-state index is 8.90. The Morgan fingerprint density at radius 1 is 1.07 bits per heavy atom. The van der Waals surface area contributed by atoms with Crippen LogP contribution in [0.15, 0.2) is 42.6 Å². The highest BCUT2D eigenvalue weighted by molar-refractivity contribution is 6.30. The molecule has 0 unspecified atom stereocenters. The van der Waals surface area contributed by atoms with Crippen LogP contribution in [0, 0.1) is 0 Å². The first kappa shape index (κ1) is 10.1. The van der Waals surface area contributed by atoms with Crippen molar-refractivity contribution in [3.63, 3.8) is 0 Å². The molecule has 0 fully saturated rings. The first-order valence-corrected chi connectivity index (χ1v) is 4.99. The summed E-state index contributed by atoms with van der Waals surface area (Å²) in [5, 5.41) is 9.53. The van der Waals surface area contributed by atoms with E-state index >= 15 is 0 Å². The highest BCUT2D eigenvalue weighted by Gasteiger charge is 1.98. The van der Waals surface area contributed by atoms with E-state index in [4.69, 9.17) is 16.7 Å². The molecule has 2 nitrogen and oxygen atoms in total. The number of hydrogen-bond donors (Lipinski definition) is 1. The van der Waals surface area contributed by atoms with E-state index in [1.165, 1.54) is 0 Å². The number of aromatic nitrogens is 1. The molecule has 0 saturated carbocycles. The molecule has 0 radical (unpaired) electrons. The number of nitrogens with zero attached hydrogens (tertiary/aromatic N) is 1. The van der Waals surface area contributed by atoms with Gasteiger partial charge in [-0.25, -0.2) is 0 Å². The Balaban J connectivity index is 2.33. The lowest BCUT2D eigenvalue weighted by Gasteiger charge is -2.01. The zero-order chi connectivity index (χ0) is 10.7. The molecule has 2 rings (SSSR count). The fraction of sp³-hybridized carbons (Fsp3) is 0.0833. The van der Waals surface area contributed by atoms with Crippen LogP contribution in [-0.2, 0) is 6.61 Å². The Morgan fingerprint density at radius 3 is 2.33 bits per heavy atom. The molecule has 76 valence electrons. The molecule has 3 heteroatoms. The quantitative estimate of drug-likeness (QED) is 0.843. The van der Waals surface area contributed by atoms with Crippen molar-refractivity contribution in [1.82, 2.24) is 4.98 Å². The van der Waals surface area contributed by atoms with Gasteiger partial charge >= 0.3 is 0 Å². The Labute approximate surface area is 93.2 Å². The number of hydrogen-bond acceptors (Lipinski definition) is 2. The van der Waals surface area contributed by atoms with E-state index in [1.54, 1.807) is 6.20 Å². The number of benzene rings is 1. The van der Waals surface area contributed by atoms with Gasteiger partial charge in [-0.1, -0.05) is 35.9 Å². The number of aliphatic hydroxyl groups excluding tert-OH is 1. The SMILES string of the molecule is OCc1ccc(-c2ccc(Cl)cn2)cc1. The maximum atomic E-state index is 8.90. The maximum Gasteiger partial charge on any atom is 0.0703 e. The van der Waals surface area contributed by atoms with Gasteiger partial charge < -0.3 is 5.11 Å². The third-order valence-electron chi connectivity index (χ3n) is 2.16. The molecule has 0 aliphatic heterocycles. The van der Waals surface area contributed by atoms with Gasteiger partial charge in [0.05, 0.1) is 17.3 Å². The Bertz CT molecular complexity index is 436. The standard InChI is InChI=1S/C12H10ClNO/c13-11-5-6-12(14-7-11)10-3-1-9(8-15)2-4-10/h1-7,15H,8H2. The summed E-state index contributed by atoms with van der Waals surface area (Å²) in [5.41, 5.74) is 2.79. The van der Waals surface area contributed by atoms with Gasteiger partial charge in [0.25, 0.3) is 0 Å². The van der Waals surface area contributed by atoms with Gasteiger partial charge in [0, 0.05) is 11.8 Å². The van der Waals surface area contributed by atoms with Crippen molar-refractivity contribution in [3.05, 3.63) is 53.2 Å². The van der Waals surface area contributed by atoms with Gasteiger partial charge in [0.1, 0.15) is 0 Å². The molecule has 0 bridgehead atoms. The second-order valence-electron chi connectivity index (χ2n) is 3.22. The molecular formula is C12H10ClNO. The predicted octanol–water partition coefficient (Wildman–Crippen LogP) is 2.89. The minimum Gasteiger partial charge on any atom is -0.392 e. The molecule has 2 aromatic rings. The van der Waals surface area contributed by atoms with Crippen molar-refractivity contribution in [1.29, 1.82) is 0 Å². The van der Waals surface area contributed by atoms with Crippen molar-refractivity contribution in [3.8, 4) is 11.3 Å². The van der Waals surface area contributed by atoms with Crippen LogP contribution in [0.25, 0.3) is 11.3 Å². The first-order valence-electron chi connectivity index (χ1n) is 4.61. The second kappa shape index (κ2) is 4.43. The van der Waals surface area contributed by atoms with E-state index < -0.39 is 0 Å². The van der Waals surface area contributed by atoms with Crippen LogP contribution in [0.3, 0.4) is 0 Å². The third kappa shape index (κ3) is 2.35. The lowest BCUT2D eigenvalue weighted by Crippen LogP contribution is -1.85. The smallest absolute Gasteiger partial charge is 0.0703 e. The van der Waals surface area contributed by atoms with Gasteiger partial charge in [-0.2, -0.15) is 0 Å². The van der Waals surface area contributed by atoms with Crippen LogP contribution >= 0.6 is 11.6 Å². The molecule has 0 aliphatic carbocycles. The summed E-state index contributed by atoms with van der Waals surface area (Å²) in [6, 6.07) is 11.3. The molecule has 1 heterocycles. The molecule has 0 saturated heterocycles. The van der Waals surface area contributed by atoms with Gasteiger partial charge in [0.2, 0.25) is 0 Å². The number of pyridine rings is 1. The molecule has 1 aromatic carbocycles. The molecule has 0 spiro atoms. The second-order valence-corrected chi connectivity index (χ2v) is 3.65. The minimum absolute atomic E-state index is 0.0638. The zero-order valence-corrected chi connectivity index (χ0v) is 8.78. The largest absolute Gasteiger partial charge is 0.392 e. The number of halogens is 1. The van der Waals surface area contributed by atoms with E-state index in [2.05, 4.69) is 4.98 Å². The summed E-state index contributed by atoms with van der Waals surface area (Å²) in [6.45, 7) is 0.0638. The Hall–Kier alpha value is -1.38. The van der Waals surface area contributed by atoms with Crippen LogP contribution in [0.1, 0.15) is 5.56 Å². The average molecular weight is 220 g/mol. The molecule has 1 N–H and O–H groups in total. The summed E-state index contributed by atoms with van der Waals surface area (Å²) in [6.07, 6.45) is 1.62. The van der Waals surface area contributed by atoms with E-state index in [1.807, 2.05) is 36.4 Å². The predicted molar refractivity (Wildman–Crippen MR) is 60.6 cm³/mol. The number of rotatable bonds is 2. The lowest BCUT2D eigenvalue weighted by molar-refractivity contribution is 0.282. The Kier molecular flexibility index (Phi) is 2.99. The normalized spacial score (nSPS) is 10.3. The number of aliphatic hydroxyl groups is 1. The lowest BCUT2D eigenvalue weighted by atomic mass is 10.1. The van der Waals surface area contributed by atoms with Crippen molar-refractivity contribution < 1.29 is 5.11 Å². The van der Waals surface area contributed by atoms with Crippen molar-refractivity contribution in [2.75, 3.05) is 0 Å². The van der Waals surface area contributed by atoms with Gasteiger partial charge in [-0.15, -0.1) is 0 Å². The molecule has 0 aliphatic rings. The van der Waals surface area contributed by atoms with Crippen LogP contribution in [0.2, 0.25) is 5.02 Å². The Morgan fingerprint density at radius 2 is 1.80 bits per heavy atom. The average Bonchev–Trinajstić information content (AvgIpc) is 2.30. The highest BCUT2D eigenvalue weighted by Crippen LogP contribution is 2.18. The summed E-state index contributed by atoms with van der Waals surface area (Å²) >= 11 is 5.75. The molecule has 0 amide bonds. The van der Waals surface area contributed by atoms with E-state index in [0.717, 1.165) is 16.8 Å². The van der Waals surface area contributed by atoms with Gasteiger partial charge in [0.15, 0.2) is 0 Å². The van der Waals surface area contributed by atoms with Crippen LogP contribution < -0.4 is 0 Å².